The summed E-state index contributed by atoms with van der Waals surface area (Å²) in [5.74, 6) is 0.322. The van der Waals surface area contributed by atoms with Crippen LogP contribution in [0.1, 0.15) is 19.8 Å². The fraction of sp³-hybridized carbons (Fsp3) is 0.900. The minimum absolute atomic E-state index is 0.133. The van der Waals surface area contributed by atoms with Crippen molar-refractivity contribution in [3.05, 3.63) is 0 Å². The van der Waals surface area contributed by atoms with Gasteiger partial charge in [0.2, 0.25) is 0 Å². The Morgan fingerprint density at radius 3 is 2.73 bits per heavy atom. The summed E-state index contributed by atoms with van der Waals surface area (Å²) in [6.07, 6.45) is -0.772. The third kappa shape index (κ3) is 1.75. The van der Waals surface area contributed by atoms with Gasteiger partial charge in [0.05, 0.1) is 6.10 Å². The maximum absolute atomic E-state index is 9.81. The predicted molar refractivity (Wildman–Crippen MR) is 53.6 cm³/mol. The van der Waals surface area contributed by atoms with Gasteiger partial charge in [0.1, 0.15) is 18.2 Å². The molecule has 2 rings (SSSR count). The summed E-state index contributed by atoms with van der Waals surface area (Å²) < 4.78 is 5.53. The third-order valence-corrected chi connectivity index (χ3v) is 3.22. The summed E-state index contributed by atoms with van der Waals surface area (Å²) >= 11 is 0. The lowest BCUT2D eigenvalue weighted by Crippen LogP contribution is -2.52. The summed E-state index contributed by atoms with van der Waals surface area (Å²) in [5, 5.41) is 28.6. The largest absolute Gasteiger partial charge is 0.475 e. The first-order valence-electron chi connectivity index (χ1n) is 5.37. The van der Waals surface area contributed by atoms with Gasteiger partial charge in [-0.15, -0.1) is 0 Å². The first kappa shape index (κ1) is 10.9. The molecule has 0 bridgehead atoms. The molecule has 15 heavy (non-hydrogen) atoms. The molecule has 5 atom stereocenters. The number of aliphatic hydroxyl groups excluding tert-OH is 3. The molecule has 2 aliphatic rings. The Morgan fingerprint density at radius 1 is 1.40 bits per heavy atom. The molecule has 0 spiro atoms. The minimum atomic E-state index is -0.926. The highest BCUT2D eigenvalue weighted by Gasteiger charge is 2.47. The van der Waals surface area contributed by atoms with E-state index in [9.17, 15) is 10.2 Å². The van der Waals surface area contributed by atoms with Crippen molar-refractivity contribution >= 4 is 5.90 Å². The lowest BCUT2D eigenvalue weighted by atomic mass is 9.80. The molecular formula is C10H17NO4. The van der Waals surface area contributed by atoms with Crippen LogP contribution in [-0.2, 0) is 4.74 Å². The van der Waals surface area contributed by atoms with E-state index in [2.05, 4.69) is 4.99 Å². The van der Waals surface area contributed by atoms with Crippen molar-refractivity contribution in [3.63, 3.8) is 0 Å². The molecular weight excluding hydrogens is 198 g/mol. The molecule has 5 heteroatoms. The average molecular weight is 215 g/mol. The number of aliphatic imine (C=N–C) groups is 1. The first-order valence-corrected chi connectivity index (χ1v) is 5.37. The van der Waals surface area contributed by atoms with Crippen molar-refractivity contribution in [3.8, 4) is 0 Å². The molecule has 0 saturated heterocycles. The van der Waals surface area contributed by atoms with E-state index in [1.807, 2.05) is 6.92 Å². The van der Waals surface area contributed by atoms with Gasteiger partial charge in [0, 0.05) is 18.9 Å². The zero-order chi connectivity index (χ0) is 11.0. The van der Waals surface area contributed by atoms with Crippen molar-refractivity contribution in [2.45, 2.75) is 44.1 Å². The standard InChI is InChI=1S/C10H17NO4/c1-2-7-11-8-6(15-7)3-5(4-12)9(13)10(8)14/h5-6,8-10,12-14H,2-4H2,1H3/t5-,6-,8-,9-,10-/m1/s1. The number of nitrogens with zero attached hydrogens (tertiary/aromatic N) is 1. The van der Waals surface area contributed by atoms with Gasteiger partial charge in [0.15, 0.2) is 5.90 Å². The molecule has 0 aromatic carbocycles. The molecule has 3 N–H and O–H groups in total. The van der Waals surface area contributed by atoms with Gasteiger partial charge < -0.3 is 20.1 Å². The first-order chi connectivity index (χ1) is 7.17. The second-order valence-corrected chi connectivity index (χ2v) is 4.18. The van der Waals surface area contributed by atoms with Crippen LogP contribution in [0.2, 0.25) is 0 Å². The SMILES string of the molecule is CCC1=N[C@H]2[C@@H](O)[C@H](O)[C@@H](CO)C[C@H]2O1. The van der Waals surface area contributed by atoms with E-state index in [4.69, 9.17) is 9.84 Å². The van der Waals surface area contributed by atoms with E-state index in [0.717, 1.165) is 0 Å². The molecule has 0 aromatic rings. The number of aliphatic hydroxyl groups is 3. The van der Waals surface area contributed by atoms with Gasteiger partial charge in [-0.2, -0.15) is 0 Å². The zero-order valence-electron chi connectivity index (χ0n) is 8.71. The van der Waals surface area contributed by atoms with Gasteiger partial charge >= 0.3 is 0 Å². The number of hydrogen-bond acceptors (Lipinski definition) is 5. The zero-order valence-corrected chi connectivity index (χ0v) is 8.71. The van der Waals surface area contributed by atoms with E-state index in [0.29, 0.717) is 18.7 Å². The predicted octanol–water partition coefficient (Wildman–Crippen LogP) is -0.704. The normalized spacial score (nSPS) is 44.5. The van der Waals surface area contributed by atoms with Crippen LogP contribution in [0, 0.1) is 5.92 Å². The van der Waals surface area contributed by atoms with E-state index in [1.165, 1.54) is 0 Å². The van der Waals surface area contributed by atoms with Crippen molar-refractivity contribution in [1.82, 2.24) is 0 Å². The number of fused-ring (bicyclic) bond motifs is 1. The van der Waals surface area contributed by atoms with Crippen LogP contribution in [0.3, 0.4) is 0 Å². The van der Waals surface area contributed by atoms with Crippen molar-refractivity contribution < 1.29 is 20.1 Å². The number of ether oxygens (including phenoxy) is 1. The summed E-state index contributed by atoms with van der Waals surface area (Å²) in [6, 6.07) is -0.363. The van der Waals surface area contributed by atoms with Gasteiger partial charge in [0.25, 0.3) is 0 Å². The molecule has 0 unspecified atom stereocenters. The van der Waals surface area contributed by atoms with Gasteiger partial charge in [-0.3, -0.25) is 0 Å². The quantitative estimate of drug-likeness (QED) is 0.568. The molecule has 1 heterocycles. The summed E-state index contributed by atoms with van der Waals surface area (Å²) in [7, 11) is 0. The Labute approximate surface area is 88.4 Å². The Kier molecular flexibility index (Phi) is 2.95. The Morgan fingerprint density at radius 2 is 2.13 bits per heavy atom. The van der Waals surface area contributed by atoms with Crippen LogP contribution in [0.4, 0.5) is 0 Å². The molecule has 1 aliphatic carbocycles. The highest BCUT2D eigenvalue weighted by atomic mass is 16.5. The molecule has 86 valence electrons. The van der Waals surface area contributed by atoms with Crippen LogP contribution in [0.25, 0.3) is 0 Å². The molecule has 0 amide bonds. The average Bonchev–Trinajstić information content (AvgIpc) is 2.66. The second-order valence-electron chi connectivity index (χ2n) is 4.18. The van der Waals surface area contributed by atoms with Gasteiger partial charge in [-0.1, -0.05) is 6.92 Å². The molecule has 0 aromatic heterocycles. The molecule has 1 saturated carbocycles. The monoisotopic (exact) mass is 215 g/mol. The Hall–Kier alpha value is -0.650. The maximum Gasteiger partial charge on any atom is 0.183 e. The summed E-state index contributed by atoms with van der Waals surface area (Å²) in [4.78, 5) is 4.23. The second kappa shape index (κ2) is 4.08. The smallest absolute Gasteiger partial charge is 0.183 e. The summed E-state index contributed by atoms with van der Waals surface area (Å²) in [6.45, 7) is 1.80. The minimum Gasteiger partial charge on any atom is -0.475 e. The van der Waals surface area contributed by atoms with Crippen LogP contribution in [0.5, 0.6) is 0 Å². The van der Waals surface area contributed by atoms with Crippen LogP contribution >= 0.6 is 0 Å². The van der Waals surface area contributed by atoms with Crippen molar-refractivity contribution in [2.24, 2.45) is 10.9 Å². The molecule has 5 nitrogen and oxygen atoms in total. The Bertz CT molecular complexity index is 268. The van der Waals surface area contributed by atoms with E-state index >= 15 is 0 Å². The molecule has 0 radical (unpaired) electrons. The third-order valence-electron chi connectivity index (χ3n) is 3.22. The highest BCUT2D eigenvalue weighted by Crippen LogP contribution is 2.33. The summed E-state index contributed by atoms with van der Waals surface area (Å²) in [5.41, 5.74) is 0. The fourth-order valence-corrected chi connectivity index (χ4v) is 2.28. The fourth-order valence-electron chi connectivity index (χ4n) is 2.28. The highest BCUT2D eigenvalue weighted by molar-refractivity contribution is 5.77. The van der Waals surface area contributed by atoms with Crippen LogP contribution in [-0.4, -0.2) is 52.2 Å². The van der Waals surface area contributed by atoms with E-state index in [-0.39, 0.29) is 24.7 Å². The van der Waals surface area contributed by atoms with E-state index in [1.54, 1.807) is 0 Å². The van der Waals surface area contributed by atoms with Crippen molar-refractivity contribution in [2.75, 3.05) is 6.61 Å². The van der Waals surface area contributed by atoms with Crippen LogP contribution in [0.15, 0.2) is 4.99 Å². The van der Waals surface area contributed by atoms with Crippen LogP contribution < -0.4 is 0 Å². The van der Waals surface area contributed by atoms with Crippen molar-refractivity contribution in [1.29, 1.82) is 0 Å². The topological polar surface area (TPSA) is 82.3 Å². The molecule has 1 aliphatic heterocycles. The van der Waals surface area contributed by atoms with Gasteiger partial charge in [-0.05, 0) is 6.42 Å². The van der Waals surface area contributed by atoms with Gasteiger partial charge in [-0.25, -0.2) is 4.99 Å². The lowest BCUT2D eigenvalue weighted by Gasteiger charge is -2.36. The van der Waals surface area contributed by atoms with E-state index < -0.39 is 12.2 Å². The number of hydrogen-bond donors (Lipinski definition) is 3. The molecule has 1 fully saturated rings. The Balaban J connectivity index is 2.12. The number of rotatable bonds is 2. The lowest BCUT2D eigenvalue weighted by molar-refractivity contribution is -0.0947. The maximum atomic E-state index is 9.81.